The standard InChI is InChI=1S/C17H24FNS/c1-17(2)8-5-13(6-9-17)19-15-7-10-20-16-4-3-12(18)11-14(15)16/h3-4,11,13,15,19H,5-10H2,1-2H3. The van der Waals surface area contributed by atoms with Crippen LogP contribution in [0.25, 0.3) is 0 Å². The zero-order chi connectivity index (χ0) is 14.2. The smallest absolute Gasteiger partial charge is 0.123 e. The highest BCUT2D eigenvalue weighted by Crippen LogP contribution is 2.39. The molecule has 0 radical (unpaired) electrons. The first-order chi connectivity index (χ1) is 9.53. The third-order valence-corrected chi connectivity index (χ3v) is 5.91. The summed E-state index contributed by atoms with van der Waals surface area (Å²) in [6.07, 6.45) is 6.20. The van der Waals surface area contributed by atoms with Crippen molar-refractivity contribution in [3.8, 4) is 0 Å². The van der Waals surface area contributed by atoms with Gasteiger partial charge in [-0.25, -0.2) is 4.39 Å². The third kappa shape index (κ3) is 3.20. The lowest BCUT2D eigenvalue weighted by atomic mass is 9.75. The lowest BCUT2D eigenvalue weighted by Crippen LogP contribution is -2.38. The zero-order valence-electron chi connectivity index (χ0n) is 12.4. The minimum absolute atomic E-state index is 0.108. The van der Waals surface area contributed by atoms with Crippen LogP contribution in [0.3, 0.4) is 0 Å². The van der Waals surface area contributed by atoms with Crippen LogP contribution < -0.4 is 5.32 Å². The number of hydrogen-bond donors (Lipinski definition) is 1. The second-order valence-electron chi connectivity index (χ2n) is 6.98. The fourth-order valence-corrected chi connectivity index (χ4v) is 4.49. The van der Waals surface area contributed by atoms with Gasteiger partial charge < -0.3 is 5.32 Å². The molecule has 0 amide bonds. The van der Waals surface area contributed by atoms with Gasteiger partial charge in [-0.15, -0.1) is 11.8 Å². The Morgan fingerprint density at radius 2 is 1.95 bits per heavy atom. The molecule has 1 N–H and O–H groups in total. The Kier molecular flexibility index (Phi) is 4.09. The van der Waals surface area contributed by atoms with E-state index in [2.05, 4.69) is 19.2 Å². The van der Waals surface area contributed by atoms with Crippen molar-refractivity contribution < 1.29 is 4.39 Å². The van der Waals surface area contributed by atoms with Crippen LogP contribution >= 0.6 is 11.8 Å². The van der Waals surface area contributed by atoms with E-state index in [0.717, 1.165) is 12.2 Å². The van der Waals surface area contributed by atoms with Crippen molar-refractivity contribution in [3.05, 3.63) is 29.6 Å². The number of thioether (sulfide) groups is 1. The van der Waals surface area contributed by atoms with Gasteiger partial charge in [-0.1, -0.05) is 13.8 Å². The second-order valence-corrected chi connectivity index (χ2v) is 8.11. The fourth-order valence-electron chi connectivity index (χ4n) is 3.39. The van der Waals surface area contributed by atoms with Crippen LogP contribution in [0.15, 0.2) is 23.1 Å². The minimum atomic E-state index is -0.108. The molecule has 110 valence electrons. The Balaban J connectivity index is 1.69. The van der Waals surface area contributed by atoms with Gasteiger partial charge in [0.1, 0.15) is 5.82 Å². The molecule has 3 heteroatoms. The van der Waals surface area contributed by atoms with Gasteiger partial charge >= 0.3 is 0 Å². The molecule has 0 saturated heterocycles. The third-order valence-electron chi connectivity index (χ3n) is 4.79. The maximum absolute atomic E-state index is 13.5. The molecule has 1 heterocycles. The van der Waals surface area contributed by atoms with Gasteiger partial charge in [0.2, 0.25) is 0 Å². The van der Waals surface area contributed by atoms with Crippen LogP contribution in [-0.4, -0.2) is 11.8 Å². The number of rotatable bonds is 2. The van der Waals surface area contributed by atoms with Gasteiger partial charge in [-0.05, 0) is 67.0 Å². The fraction of sp³-hybridized carbons (Fsp3) is 0.647. The summed E-state index contributed by atoms with van der Waals surface area (Å²) in [4.78, 5) is 1.26. The molecule has 1 aliphatic carbocycles. The quantitative estimate of drug-likeness (QED) is 0.830. The lowest BCUT2D eigenvalue weighted by Gasteiger charge is -2.37. The first kappa shape index (κ1) is 14.4. The molecule has 1 nitrogen and oxygen atoms in total. The van der Waals surface area contributed by atoms with Crippen LogP contribution in [0.5, 0.6) is 0 Å². The summed E-state index contributed by atoms with van der Waals surface area (Å²) in [7, 11) is 0. The van der Waals surface area contributed by atoms with Crippen LogP contribution in [-0.2, 0) is 0 Å². The monoisotopic (exact) mass is 293 g/mol. The van der Waals surface area contributed by atoms with Gasteiger partial charge in [0.15, 0.2) is 0 Å². The van der Waals surface area contributed by atoms with E-state index in [-0.39, 0.29) is 5.82 Å². The maximum atomic E-state index is 13.5. The van der Waals surface area contributed by atoms with Gasteiger partial charge in [-0.2, -0.15) is 0 Å². The van der Waals surface area contributed by atoms with Crippen molar-refractivity contribution >= 4 is 11.8 Å². The van der Waals surface area contributed by atoms with Crippen LogP contribution in [0.1, 0.15) is 57.6 Å². The van der Waals surface area contributed by atoms with Crippen molar-refractivity contribution in [2.24, 2.45) is 5.41 Å². The Morgan fingerprint density at radius 1 is 1.20 bits per heavy atom. The van der Waals surface area contributed by atoms with E-state index in [4.69, 9.17) is 0 Å². The molecule has 1 aliphatic heterocycles. The summed E-state index contributed by atoms with van der Waals surface area (Å²) in [5, 5.41) is 3.80. The van der Waals surface area contributed by atoms with E-state index in [1.807, 2.05) is 17.8 Å². The predicted octanol–water partition coefficient (Wildman–Crippen LogP) is 4.92. The molecule has 1 fully saturated rings. The number of benzene rings is 1. The SMILES string of the molecule is CC1(C)CCC(NC2CCSc3ccc(F)cc32)CC1. The summed E-state index contributed by atoms with van der Waals surface area (Å²) in [6.45, 7) is 4.73. The Bertz CT molecular complexity index is 476. The molecule has 3 rings (SSSR count). The predicted molar refractivity (Wildman–Crippen MR) is 83.7 cm³/mol. The Hall–Kier alpha value is -0.540. The molecule has 1 aromatic carbocycles. The number of hydrogen-bond acceptors (Lipinski definition) is 2. The number of fused-ring (bicyclic) bond motifs is 1. The highest BCUT2D eigenvalue weighted by atomic mass is 32.2. The van der Waals surface area contributed by atoms with Crippen LogP contribution in [0.4, 0.5) is 4.39 Å². The van der Waals surface area contributed by atoms with Gasteiger partial charge in [0.25, 0.3) is 0 Å². The molecule has 0 aromatic heterocycles. The summed E-state index contributed by atoms with van der Waals surface area (Å²) in [5.41, 5.74) is 1.68. The molecular formula is C17H24FNS. The van der Waals surface area contributed by atoms with E-state index < -0.39 is 0 Å². The van der Waals surface area contributed by atoms with Gasteiger partial charge in [0, 0.05) is 17.0 Å². The van der Waals surface area contributed by atoms with E-state index >= 15 is 0 Å². The van der Waals surface area contributed by atoms with Gasteiger partial charge in [0.05, 0.1) is 0 Å². The first-order valence-corrected chi connectivity index (χ1v) is 8.70. The summed E-state index contributed by atoms with van der Waals surface area (Å²) in [6, 6.07) is 6.19. The number of halogens is 1. The average molecular weight is 293 g/mol. The summed E-state index contributed by atoms with van der Waals surface area (Å²) >= 11 is 1.86. The molecule has 0 spiro atoms. The highest BCUT2D eigenvalue weighted by molar-refractivity contribution is 7.99. The lowest BCUT2D eigenvalue weighted by molar-refractivity contribution is 0.197. The number of nitrogens with one attached hydrogen (secondary N) is 1. The molecule has 1 aromatic rings. The largest absolute Gasteiger partial charge is 0.307 e. The first-order valence-electron chi connectivity index (χ1n) is 7.72. The summed E-state index contributed by atoms with van der Waals surface area (Å²) in [5.74, 6) is 1.02. The molecule has 2 aliphatic rings. The van der Waals surface area contributed by atoms with Crippen LogP contribution in [0.2, 0.25) is 0 Å². The van der Waals surface area contributed by atoms with E-state index in [0.29, 0.717) is 17.5 Å². The van der Waals surface area contributed by atoms with Crippen molar-refractivity contribution in [1.82, 2.24) is 5.32 Å². The molecule has 1 atom stereocenters. The maximum Gasteiger partial charge on any atom is 0.123 e. The van der Waals surface area contributed by atoms with E-state index in [9.17, 15) is 4.39 Å². The van der Waals surface area contributed by atoms with Crippen molar-refractivity contribution in [1.29, 1.82) is 0 Å². The Morgan fingerprint density at radius 3 is 2.70 bits per heavy atom. The second kappa shape index (κ2) is 5.69. The van der Waals surface area contributed by atoms with Crippen LogP contribution in [0, 0.1) is 11.2 Å². The molecule has 1 unspecified atom stereocenters. The van der Waals surface area contributed by atoms with Gasteiger partial charge in [-0.3, -0.25) is 0 Å². The molecule has 20 heavy (non-hydrogen) atoms. The zero-order valence-corrected chi connectivity index (χ0v) is 13.2. The van der Waals surface area contributed by atoms with Crippen molar-refractivity contribution in [2.75, 3.05) is 5.75 Å². The van der Waals surface area contributed by atoms with E-state index in [1.54, 1.807) is 12.1 Å². The normalized spacial score (nSPS) is 26.2. The van der Waals surface area contributed by atoms with Crippen molar-refractivity contribution in [3.63, 3.8) is 0 Å². The van der Waals surface area contributed by atoms with E-state index in [1.165, 1.54) is 36.1 Å². The summed E-state index contributed by atoms with van der Waals surface area (Å²) < 4.78 is 13.5. The minimum Gasteiger partial charge on any atom is -0.307 e. The molecular weight excluding hydrogens is 269 g/mol. The average Bonchev–Trinajstić information content (AvgIpc) is 2.42. The highest BCUT2D eigenvalue weighted by Gasteiger charge is 2.29. The van der Waals surface area contributed by atoms with Crippen molar-refractivity contribution in [2.45, 2.75) is 62.9 Å². The Labute approximate surface area is 125 Å². The topological polar surface area (TPSA) is 12.0 Å². The molecule has 0 bridgehead atoms. The molecule has 1 saturated carbocycles.